The summed E-state index contributed by atoms with van der Waals surface area (Å²) >= 11 is 0. The Morgan fingerprint density at radius 2 is 2.00 bits per heavy atom. The van der Waals surface area contributed by atoms with Crippen LogP contribution < -0.4 is 11.1 Å². The number of amides is 2. The van der Waals surface area contributed by atoms with E-state index in [0.717, 1.165) is 5.56 Å². The molecular formula is C13H14N4O2. The summed E-state index contributed by atoms with van der Waals surface area (Å²) in [6, 6.07) is 9.42. The molecular weight excluding hydrogens is 244 g/mol. The number of nitrogens with two attached hydrogens (primary N) is 1. The van der Waals surface area contributed by atoms with E-state index in [2.05, 4.69) is 15.5 Å². The first-order valence-corrected chi connectivity index (χ1v) is 5.84. The summed E-state index contributed by atoms with van der Waals surface area (Å²) in [5.74, 6) is -0.732. The van der Waals surface area contributed by atoms with E-state index < -0.39 is 5.91 Å². The Morgan fingerprint density at radius 1 is 1.26 bits per heavy atom. The van der Waals surface area contributed by atoms with Crippen LogP contribution in [0.1, 0.15) is 16.8 Å². The molecule has 98 valence electrons. The van der Waals surface area contributed by atoms with Crippen molar-refractivity contribution >= 4 is 11.8 Å². The number of benzene rings is 1. The van der Waals surface area contributed by atoms with Crippen LogP contribution in [0.25, 0.3) is 11.3 Å². The second-order valence-electron chi connectivity index (χ2n) is 4.00. The highest BCUT2D eigenvalue weighted by Gasteiger charge is 2.14. The van der Waals surface area contributed by atoms with Gasteiger partial charge in [0.2, 0.25) is 5.91 Å². The van der Waals surface area contributed by atoms with Gasteiger partial charge >= 0.3 is 0 Å². The second kappa shape index (κ2) is 5.81. The van der Waals surface area contributed by atoms with Crippen molar-refractivity contribution in [1.82, 2.24) is 15.5 Å². The fraction of sp³-hybridized carbons (Fsp3) is 0.154. The number of carbonyl (C=O) groups is 2. The van der Waals surface area contributed by atoms with E-state index in [-0.39, 0.29) is 18.9 Å². The van der Waals surface area contributed by atoms with Gasteiger partial charge in [0.25, 0.3) is 5.91 Å². The normalized spacial score (nSPS) is 10.1. The van der Waals surface area contributed by atoms with Crippen molar-refractivity contribution in [2.75, 3.05) is 6.54 Å². The number of hydrogen-bond donors (Lipinski definition) is 3. The summed E-state index contributed by atoms with van der Waals surface area (Å²) in [6.07, 6.45) is 1.58. The molecule has 2 amide bonds. The average Bonchev–Trinajstić information content (AvgIpc) is 2.88. The highest BCUT2D eigenvalue weighted by molar-refractivity contribution is 5.99. The fourth-order valence-electron chi connectivity index (χ4n) is 1.68. The molecule has 0 radical (unpaired) electrons. The molecule has 1 aromatic carbocycles. The molecule has 4 N–H and O–H groups in total. The van der Waals surface area contributed by atoms with Gasteiger partial charge in [-0.2, -0.15) is 5.10 Å². The van der Waals surface area contributed by atoms with Gasteiger partial charge < -0.3 is 11.1 Å². The largest absolute Gasteiger partial charge is 0.370 e. The molecule has 0 aliphatic carbocycles. The van der Waals surface area contributed by atoms with Crippen LogP contribution >= 0.6 is 0 Å². The first kappa shape index (κ1) is 12.8. The lowest BCUT2D eigenvalue weighted by molar-refractivity contribution is -0.117. The number of H-pyrrole nitrogens is 1. The average molecular weight is 258 g/mol. The lowest BCUT2D eigenvalue weighted by atomic mass is 10.1. The van der Waals surface area contributed by atoms with Crippen molar-refractivity contribution in [3.8, 4) is 11.3 Å². The maximum Gasteiger partial charge on any atom is 0.255 e. The quantitative estimate of drug-likeness (QED) is 0.735. The van der Waals surface area contributed by atoms with Crippen LogP contribution in [-0.4, -0.2) is 28.6 Å². The Hall–Kier alpha value is -2.63. The molecule has 0 bridgehead atoms. The zero-order valence-corrected chi connectivity index (χ0v) is 10.2. The third kappa shape index (κ3) is 3.19. The minimum absolute atomic E-state index is 0.115. The summed E-state index contributed by atoms with van der Waals surface area (Å²) in [4.78, 5) is 22.6. The summed E-state index contributed by atoms with van der Waals surface area (Å²) in [6.45, 7) is 0.216. The van der Waals surface area contributed by atoms with Gasteiger partial charge in [-0.25, -0.2) is 0 Å². The summed E-state index contributed by atoms with van der Waals surface area (Å²) < 4.78 is 0. The van der Waals surface area contributed by atoms with Crippen molar-refractivity contribution in [3.63, 3.8) is 0 Å². The van der Waals surface area contributed by atoms with E-state index in [1.54, 1.807) is 0 Å². The van der Waals surface area contributed by atoms with Crippen LogP contribution in [0.3, 0.4) is 0 Å². The smallest absolute Gasteiger partial charge is 0.255 e. The van der Waals surface area contributed by atoms with Gasteiger partial charge in [-0.1, -0.05) is 30.3 Å². The maximum absolute atomic E-state index is 12.0. The molecule has 6 nitrogen and oxygen atoms in total. The Balaban J connectivity index is 2.11. The Bertz CT molecular complexity index is 577. The van der Waals surface area contributed by atoms with Crippen LogP contribution in [-0.2, 0) is 4.79 Å². The van der Waals surface area contributed by atoms with Crippen molar-refractivity contribution < 1.29 is 9.59 Å². The SMILES string of the molecule is NC(=O)CCNC(=O)c1cn[nH]c1-c1ccccc1. The lowest BCUT2D eigenvalue weighted by Crippen LogP contribution is -2.27. The van der Waals surface area contributed by atoms with E-state index in [0.29, 0.717) is 11.3 Å². The minimum atomic E-state index is -0.448. The molecule has 2 aromatic rings. The van der Waals surface area contributed by atoms with Crippen LogP contribution in [0, 0.1) is 0 Å². The van der Waals surface area contributed by atoms with Crippen molar-refractivity contribution in [2.45, 2.75) is 6.42 Å². The zero-order valence-electron chi connectivity index (χ0n) is 10.2. The van der Waals surface area contributed by atoms with Gasteiger partial charge in [0.05, 0.1) is 17.5 Å². The standard InChI is InChI=1S/C13H14N4O2/c14-11(18)6-7-15-13(19)10-8-16-17-12(10)9-4-2-1-3-5-9/h1-5,8H,6-7H2,(H2,14,18)(H,15,19)(H,16,17). The number of rotatable bonds is 5. The van der Waals surface area contributed by atoms with Crippen molar-refractivity contribution in [1.29, 1.82) is 0 Å². The first-order valence-electron chi connectivity index (χ1n) is 5.84. The molecule has 0 aliphatic heterocycles. The van der Waals surface area contributed by atoms with Crippen LogP contribution in [0.5, 0.6) is 0 Å². The Morgan fingerprint density at radius 3 is 2.68 bits per heavy atom. The molecule has 0 unspecified atom stereocenters. The van der Waals surface area contributed by atoms with Gasteiger partial charge in [0.1, 0.15) is 0 Å². The van der Waals surface area contributed by atoms with E-state index in [4.69, 9.17) is 5.73 Å². The molecule has 1 heterocycles. The van der Waals surface area contributed by atoms with Gasteiger partial charge in [-0.15, -0.1) is 0 Å². The third-order valence-corrected chi connectivity index (χ3v) is 2.60. The third-order valence-electron chi connectivity index (χ3n) is 2.60. The first-order chi connectivity index (χ1) is 9.18. The highest BCUT2D eigenvalue weighted by Crippen LogP contribution is 2.20. The molecule has 2 rings (SSSR count). The zero-order chi connectivity index (χ0) is 13.7. The van der Waals surface area contributed by atoms with E-state index >= 15 is 0 Å². The molecule has 1 aromatic heterocycles. The molecule has 0 saturated heterocycles. The van der Waals surface area contributed by atoms with Gasteiger partial charge in [0, 0.05) is 18.5 Å². The summed E-state index contributed by atoms with van der Waals surface area (Å²) in [5.41, 5.74) is 6.98. The number of carbonyl (C=O) groups excluding carboxylic acids is 2. The summed E-state index contributed by atoms with van der Waals surface area (Å²) in [5, 5.41) is 9.31. The number of aromatic amines is 1. The van der Waals surface area contributed by atoms with Crippen LogP contribution in [0.4, 0.5) is 0 Å². The molecule has 0 fully saturated rings. The van der Waals surface area contributed by atoms with Gasteiger partial charge in [-0.05, 0) is 0 Å². The number of hydrogen-bond acceptors (Lipinski definition) is 3. The second-order valence-corrected chi connectivity index (χ2v) is 4.00. The predicted molar refractivity (Wildman–Crippen MR) is 70.2 cm³/mol. The molecule has 19 heavy (non-hydrogen) atoms. The number of nitrogens with one attached hydrogen (secondary N) is 2. The van der Waals surface area contributed by atoms with Gasteiger partial charge in [-0.3, -0.25) is 14.7 Å². The molecule has 0 aliphatic rings. The van der Waals surface area contributed by atoms with Crippen LogP contribution in [0.2, 0.25) is 0 Å². The fourth-order valence-corrected chi connectivity index (χ4v) is 1.68. The van der Waals surface area contributed by atoms with E-state index in [1.807, 2.05) is 30.3 Å². The van der Waals surface area contributed by atoms with Crippen molar-refractivity contribution in [3.05, 3.63) is 42.1 Å². The maximum atomic E-state index is 12.0. The monoisotopic (exact) mass is 258 g/mol. The van der Waals surface area contributed by atoms with Gasteiger partial charge in [0.15, 0.2) is 0 Å². The Kier molecular flexibility index (Phi) is 3.92. The van der Waals surface area contributed by atoms with E-state index in [1.165, 1.54) is 6.20 Å². The predicted octanol–water partition coefficient (Wildman–Crippen LogP) is 0.682. The molecule has 6 heteroatoms. The summed E-state index contributed by atoms with van der Waals surface area (Å²) in [7, 11) is 0. The number of nitrogens with zero attached hydrogens (tertiary/aromatic N) is 1. The van der Waals surface area contributed by atoms with E-state index in [9.17, 15) is 9.59 Å². The minimum Gasteiger partial charge on any atom is -0.370 e. The molecule has 0 spiro atoms. The number of aromatic nitrogens is 2. The lowest BCUT2D eigenvalue weighted by Gasteiger charge is -2.04. The molecule has 0 saturated carbocycles. The van der Waals surface area contributed by atoms with Crippen molar-refractivity contribution in [2.24, 2.45) is 5.73 Å². The number of primary amides is 1. The topological polar surface area (TPSA) is 101 Å². The Labute approximate surface area is 110 Å². The molecule has 0 atom stereocenters. The van der Waals surface area contributed by atoms with Crippen LogP contribution in [0.15, 0.2) is 36.5 Å². The highest BCUT2D eigenvalue weighted by atomic mass is 16.2.